The van der Waals surface area contributed by atoms with Crippen LogP contribution in [0.1, 0.15) is 25.7 Å². The highest BCUT2D eigenvalue weighted by Gasteiger charge is 2.38. The molecule has 2 atom stereocenters. The minimum absolute atomic E-state index is 0.360. The largest absolute Gasteiger partial charge is 0.369 e. The third-order valence-electron chi connectivity index (χ3n) is 3.54. The van der Waals surface area contributed by atoms with Crippen LogP contribution >= 0.6 is 0 Å². The van der Waals surface area contributed by atoms with Crippen molar-refractivity contribution < 1.29 is 0 Å². The summed E-state index contributed by atoms with van der Waals surface area (Å²) in [5, 5.41) is 0. The first kappa shape index (κ1) is 9.73. The molecule has 0 aromatic rings. The van der Waals surface area contributed by atoms with E-state index in [1.807, 2.05) is 0 Å². The lowest BCUT2D eigenvalue weighted by molar-refractivity contribution is 0.163. The van der Waals surface area contributed by atoms with Gasteiger partial charge in [0.05, 0.1) is 6.04 Å². The molecule has 5 heteroatoms. The predicted molar refractivity (Wildman–Crippen MR) is 56.5 cm³/mol. The van der Waals surface area contributed by atoms with E-state index in [0.717, 1.165) is 12.8 Å². The first-order chi connectivity index (χ1) is 6.70. The molecule has 2 aliphatic heterocycles. The van der Waals surface area contributed by atoms with Gasteiger partial charge in [0, 0.05) is 12.1 Å². The van der Waals surface area contributed by atoms with Crippen LogP contribution in [0.4, 0.5) is 0 Å². The molecular weight excluding hydrogens is 178 g/mol. The Morgan fingerprint density at radius 2 is 1.93 bits per heavy atom. The molecular formula is C9H19N5. The third-order valence-corrected chi connectivity index (χ3v) is 3.54. The fourth-order valence-electron chi connectivity index (χ4n) is 2.72. The maximum Gasteiger partial charge on any atom is 0.203 e. The first-order valence-electron chi connectivity index (χ1n) is 5.22. The van der Waals surface area contributed by atoms with Gasteiger partial charge < -0.3 is 10.6 Å². The van der Waals surface area contributed by atoms with E-state index >= 15 is 0 Å². The van der Waals surface area contributed by atoms with E-state index in [1.54, 1.807) is 0 Å². The summed E-state index contributed by atoms with van der Waals surface area (Å²) < 4.78 is 0. The van der Waals surface area contributed by atoms with Crippen LogP contribution in [0.2, 0.25) is 0 Å². The van der Waals surface area contributed by atoms with Gasteiger partial charge in [0.15, 0.2) is 0 Å². The quantitative estimate of drug-likeness (QED) is 0.227. The number of rotatable bonds is 1. The second kappa shape index (κ2) is 3.74. The molecule has 0 saturated carbocycles. The van der Waals surface area contributed by atoms with Gasteiger partial charge in [-0.05, 0) is 32.7 Å². The van der Waals surface area contributed by atoms with Gasteiger partial charge in [0.25, 0.3) is 0 Å². The number of hydrogen-bond acceptors (Lipinski definition) is 3. The normalized spacial score (nSPS) is 38.7. The molecule has 0 aromatic carbocycles. The summed E-state index contributed by atoms with van der Waals surface area (Å²) in [5.41, 5.74) is 7.94. The maximum absolute atomic E-state index is 5.55. The highest BCUT2D eigenvalue weighted by molar-refractivity contribution is 5.77. The zero-order chi connectivity index (χ0) is 10.1. The van der Waals surface area contributed by atoms with Gasteiger partial charge in [-0.1, -0.05) is 0 Å². The Kier molecular flexibility index (Phi) is 2.60. The second-order valence-corrected chi connectivity index (χ2v) is 4.33. The van der Waals surface area contributed by atoms with Crippen LogP contribution < -0.4 is 17.0 Å². The van der Waals surface area contributed by atoms with E-state index in [9.17, 15) is 0 Å². The highest BCUT2D eigenvalue weighted by atomic mass is 15.3. The van der Waals surface area contributed by atoms with Crippen LogP contribution in [-0.4, -0.2) is 36.0 Å². The molecule has 2 heterocycles. The predicted octanol–water partition coefficient (Wildman–Crippen LogP) is -0.610. The van der Waals surface area contributed by atoms with Crippen molar-refractivity contribution in [2.75, 3.05) is 7.05 Å². The van der Waals surface area contributed by atoms with Crippen LogP contribution in [0.15, 0.2) is 4.99 Å². The van der Waals surface area contributed by atoms with E-state index < -0.39 is 0 Å². The smallest absolute Gasteiger partial charge is 0.203 e. The lowest BCUT2D eigenvalue weighted by Gasteiger charge is -2.34. The summed E-state index contributed by atoms with van der Waals surface area (Å²) in [6.07, 6.45) is 4.86. The Labute approximate surface area is 84.5 Å². The third kappa shape index (κ3) is 1.69. The summed E-state index contributed by atoms with van der Waals surface area (Å²) in [6, 6.07) is 1.76. The van der Waals surface area contributed by atoms with E-state index in [-0.39, 0.29) is 0 Å². The van der Waals surface area contributed by atoms with Crippen LogP contribution in [0.3, 0.4) is 0 Å². The van der Waals surface area contributed by atoms with Gasteiger partial charge in [-0.15, -0.1) is 0 Å². The Bertz CT molecular complexity index is 225. The van der Waals surface area contributed by atoms with Crippen molar-refractivity contribution in [3.05, 3.63) is 0 Å². The van der Waals surface area contributed by atoms with Gasteiger partial charge in [-0.2, -0.15) is 0 Å². The lowest BCUT2D eigenvalue weighted by atomic mass is 9.99. The van der Waals surface area contributed by atoms with Crippen molar-refractivity contribution in [2.45, 2.75) is 43.8 Å². The molecule has 0 aliphatic carbocycles. The Balaban J connectivity index is 1.99. The monoisotopic (exact) mass is 197 g/mol. The standard InChI is InChI=1S/C9H19N5/c1-14-7-2-3-8(14)5-6(4-7)12-9(10)13-11/h6-8H,2-5,11H2,1H3,(H3,10,12,13). The molecule has 5 N–H and O–H groups in total. The molecule has 5 nitrogen and oxygen atoms in total. The summed E-state index contributed by atoms with van der Waals surface area (Å²) in [4.78, 5) is 6.85. The molecule has 14 heavy (non-hydrogen) atoms. The number of guanidine groups is 1. The summed E-state index contributed by atoms with van der Waals surface area (Å²) in [7, 11) is 2.22. The Morgan fingerprint density at radius 1 is 1.36 bits per heavy atom. The van der Waals surface area contributed by atoms with Crippen LogP contribution in [-0.2, 0) is 0 Å². The molecule has 2 saturated heterocycles. The average Bonchev–Trinajstić information content (AvgIpc) is 2.42. The van der Waals surface area contributed by atoms with Gasteiger partial charge in [-0.25, -0.2) is 10.8 Å². The van der Waals surface area contributed by atoms with Gasteiger partial charge in [-0.3, -0.25) is 5.43 Å². The minimum atomic E-state index is 0.360. The number of nitrogens with zero attached hydrogens (tertiary/aromatic N) is 2. The molecule has 2 rings (SSSR count). The summed E-state index contributed by atoms with van der Waals surface area (Å²) >= 11 is 0. The maximum atomic E-state index is 5.55. The Morgan fingerprint density at radius 3 is 2.43 bits per heavy atom. The Hall–Kier alpha value is -0.810. The first-order valence-corrected chi connectivity index (χ1v) is 5.22. The van der Waals surface area contributed by atoms with Crippen LogP contribution in [0, 0.1) is 0 Å². The molecule has 80 valence electrons. The van der Waals surface area contributed by atoms with Crippen molar-refractivity contribution in [1.82, 2.24) is 10.3 Å². The molecule has 2 bridgehead atoms. The molecule has 2 unspecified atom stereocenters. The highest BCUT2D eigenvalue weighted by Crippen LogP contribution is 2.35. The van der Waals surface area contributed by atoms with E-state index in [2.05, 4.69) is 22.4 Å². The number of nitrogens with two attached hydrogens (primary N) is 2. The molecule has 0 spiro atoms. The molecule has 0 amide bonds. The molecule has 0 radical (unpaired) electrons. The number of nitrogens with one attached hydrogen (secondary N) is 1. The van der Waals surface area contributed by atoms with Crippen molar-refractivity contribution in [1.29, 1.82) is 0 Å². The molecule has 0 aromatic heterocycles. The van der Waals surface area contributed by atoms with Crippen molar-refractivity contribution in [3.8, 4) is 0 Å². The SMILES string of the molecule is CN1C2CCC1CC(N=C(N)NN)C2. The topological polar surface area (TPSA) is 79.7 Å². The fourth-order valence-corrected chi connectivity index (χ4v) is 2.72. The van der Waals surface area contributed by atoms with Gasteiger partial charge in [0.2, 0.25) is 5.96 Å². The zero-order valence-corrected chi connectivity index (χ0v) is 8.61. The number of aliphatic imine (C=N–C) groups is 1. The second-order valence-electron chi connectivity index (χ2n) is 4.33. The zero-order valence-electron chi connectivity index (χ0n) is 8.61. The van der Waals surface area contributed by atoms with Crippen molar-refractivity contribution in [3.63, 3.8) is 0 Å². The van der Waals surface area contributed by atoms with E-state index in [0.29, 0.717) is 24.1 Å². The van der Waals surface area contributed by atoms with Crippen molar-refractivity contribution in [2.24, 2.45) is 16.6 Å². The summed E-state index contributed by atoms with van der Waals surface area (Å²) in [5.74, 6) is 5.55. The average molecular weight is 197 g/mol. The number of hydrogen-bond donors (Lipinski definition) is 3. The van der Waals surface area contributed by atoms with E-state index in [4.69, 9.17) is 11.6 Å². The molecule has 2 aliphatic rings. The summed E-state index contributed by atoms with van der Waals surface area (Å²) in [6.45, 7) is 0. The van der Waals surface area contributed by atoms with Crippen LogP contribution in [0.5, 0.6) is 0 Å². The van der Waals surface area contributed by atoms with Gasteiger partial charge >= 0.3 is 0 Å². The minimum Gasteiger partial charge on any atom is -0.369 e. The number of fused-ring (bicyclic) bond motifs is 2. The number of hydrazine groups is 1. The van der Waals surface area contributed by atoms with E-state index in [1.165, 1.54) is 12.8 Å². The van der Waals surface area contributed by atoms with Crippen molar-refractivity contribution >= 4 is 5.96 Å². The van der Waals surface area contributed by atoms with Crippen LogP contribution in [0.25, 0.3) is 0 Å². The number of piperidine rings is 1. The molecule has 2 fully saturated rings. The lowest BCUT2D eigenvalue weighted by Crippen LogP contribution is -2.44. The fraction of sp³-hybridized carbons (Fsp3) is 0.889. The van der Waals surface area contributed by atoms with Gasteiger partial charge in [0.1, 0.15) is 0 Å².